The quantitative estimate of drug-likeness (QED) is 0.416. The van der Waals surface area contributed by atoms with Crippen molar-refractivity contribution in [3.8, 4) is 0 Å². The Bertz CT molecular complexity index is 1360. The normalized spacial score (nSPS) is 14.2. The van der Waals surface area contributed by atoms with Crippen molar-refractivity contribution in [2.24, 2.45) is 0 Å². The molecular formula is C29H34N2O3S. The van der Waals surface area contributed by atoms with Crippen molar-refractivity contribution in [3.05, 3.63) is 93.5 Å². The topological polar surface area (TPSA) is 75.3 Å². The summed E-state index contributed by atoms with van der Waals surface area (Å²) in [6.45, 7) is 7.56. The van der Waals surface area contributed by atoms with Gasteiger partial charge in [-0.05, 0) is 104 Å². The van der Waals surface area contributed by atoms with Crippen LogP contribution in [-0.2, 0) is 22.9 Å². The zero-order valence-electron chi connectivity index (χ0n) is 20.9. The van der Waals surface area contributed by atoms with Crippen molar-refractivity contribution in [3.63, 3.8) is 0 Å². The van der Waals surface area contributed by atoms with E-state index >= 15 is 0 Å². The molecule has 0 radical (unpaired) electrons. The number of hydrogen-bond donors (Lipinski definition) is 2. The van der Waals surface area contributed by atoms with Gasteiger partial charge in [0.25, 0.3) is 15.9 Å². The summed E-state index contributed by atoms with van der Waals surface area (Å²) in [5.74, 6) is -0.280. The van der Waals surface area contributed by atoms with E-state index in [9.17, 15) is 13.2 Å². The van der Waals surface area contributed by atoms with Gasteiger partial charge in [-0.2, -0.15) is 0 Å². The van der Waals surface area contributed by atoms with Crippen molar-refractivity contribution in [2.45, 2.75) is 70.7 Å². The zero-order chi connectivity index (χ0) is 25.2. The maximum absolute atomic E-state index is 13.3. The van der Waals surface area contributed by atoms with E-state index in [1.807, 2.05) is 39.0 Å². The number of nitrogens with one attached hydrogen (secondary N) is 2. The molecule has 1 aliphatic carbocycles. The van der Waals surface area contributed by atoms with Gasteiger partial charge in [-0.1, -0.05) is 43.3 Å². The molecule has 0 aliphatic heterocycles. The Morgan fingerprint density at radius 3 is 2.34 bits per heavy atom. The largest absolute Gasteiger partial charge is 0.345 e. The van der Waals surface area contributed by atoms with Crippen molar-refractivity contribution in [1.82, 2.24) is 5.32 Å². The van der Waals surface area contributed by atoms with E-state index in [0.717, 1.165) is 36.0 Å². The first kappa shape index (κ1) is 25.0. The number of benzene rings is 3. The fourth-order valence-electron chi connectivity index (χ4n) is 4.71. The van der Waals surface area contributed by atoms with Gasteiger partial charge < -0.3 is 5.32 Å². The van der Waals surface area contributed by atoms with Gasteiger partial charge in [-0.15, -0.1) is 0 Å². The summed E-state index contributed by atoms with van der Waals surface area (Å²) >= 11 is 0. The summed E-state index contributed by atoms with van der Waals surface area (Å²) in [5.41, 5.74) is 7.13. The van der Waals surface area contributed by atoms with Crippen LogP contribution in [0.2, 0.25) is 0 Å². The van der Waals surface area contributed by atoms with Gasteiger partial charge in [-0.25, -0.2) is 8.42 Å². The molecular weight excluding hydrogens is 456 g/mol. The molecule has 0 saturated carbocycles. The number of aryl methyl sites for hydroxylation is 5. The molecule has 1 amide bonds. The van der Waals surface area contributed by atoms with Gasteiger partial charge in [0, 0.05) is 5.56 Å². The lowest BCUT2D eigenvalue weighted by Crippen LogP contribution is -2.28. The molecule has 3 aromatic carbocycles. The Balaban J connectivity index is 1.57. The van der Waals surface area contributed by atoms with E-state index in [1.165, 1.54) is 30.0 Å². The molecule has 0 fully saturated rings. The highest BCUT2D eigenvalue weighted by Crippen LogP contribution is 2.27. The molecule has 0 saturated heterocycles. The minimum atomic E-state index is -3.87. The van der Waals surface area contributed by atoms with Crippen LogP contribution in [0.3, 0.4) is 0 Å². The van der Waals surface area contributed by atoms with Crippen LogP contribution in [0, 0.1) is 20.8 Å². The molecule has 5 nitrogen and oxygen atoms in total. The molecule has 0 spiro atoms. The van der Waals surface area contributed by atoms with Gasteiger partial charge in [-0.3, -0.25) is 9.52 Å². The number of carbonyl (C=O) groups is 1. The molecule has 0 aromatic heterocycles. The van der Waals surface area contributed by atoms with Gasteiger partial charge in [0.15, 0.2) is 0 Å². The second kappa shape index (κ2) is 10.2. The van der Waals surface area contributed by atoms with Crippen molar-refractivity contribution in [2.75, 3.05) is 4.72 Å². The zero-order valence-corrected chi connectivity index (χ0v) is 21.8. The molecule has 35 heavy (non-hydrogen) atoms. The fourth-order valence-corrected chi connectivity index (χ4v) is 6.10. The number of sulfonamides is 1. The van der Waals surface area contributed by atoms with E-state index in [-0.39, 0.29) is 16.8 Å². The summed E-state index contributed by atoms with van der Waals surface area (Å²) < 4.78 is 29.2. The molecule has 4 rings (SSSR count). The smallest absolute Gasteiger partial charge is 0.262 e. The van der Waals surface area contributed by atoms with Crippen molar-refractivity contribution >= 4 is 21.6 Å². The first-order valence-electron chi connectivity index (χ1n) is 12.3. The molecule has 0 bridgehead atoms. The Morgan fingerprint density at radius 1 is 0.886 bits per heavy atom. The Labute approximate surface area is 209 Å². The summed E-state index contributed by atoms with van der Waals surface area (Å²) in [7, 11) is -3.87. The molecule has 3 aromatic rings. The van der Waals surface area contributed by atoms with E-state index in [1.54, 1.807) is 19.1 Å². The van der Waals surface area contributed by atoms with Crippen LogP contribution < -0.4 is 10.0 Å². The first-order chi connectivity index (χ1) is 16.7. The Hall–Kier alpha value is -3.12. The molecule has 2 N–H and O–H groups in total. The summed E-state index contributed by atoms with van der Waals surface area (Å²) in [5, 5.41) is 3.12. The number of anilines is 1. The monoisotopic (exact) mass is 490 g/mol. The molecule has 1 atom stereocenters. The number of amides is 1. The van der Waals surface area contributed by atoms with E-state index in [4.69, 9.17) is 0 Å². The Morgan fingerprint density at radius 2 is 1.60 bits per heavy atom. The van der Waals surface area contributed by atoms with E-state index in [2.05, 4.69) is 28.2 Å². The van der Waals surface area contributed by atoms with Crippen LogP contribution in [0.15, 0.2) is 59.5 Å². The van der Waals surface area contributed by atoms with Crippen LogP contribution in [0.25, 0.3) is 0 Å². The van der Waals surface area contributed by atoms with Crippen LogP contribution in [-0.4, -0.2) is 14.3 Å². The molecule has 1 aliphatic rings. The lowest BCUT2D eigenvalue weighted by molar-refractivity contribution is 0.0935. The summed E-state index contributed by atoms with van der Waals surface area (Å²) in [6, 6.07) is 16.9. The maximum atomic E-state index is 13.3. The number of hydrogen-bond acceptors (Lipinski definition) is 3. The minimum Gasteiger partial charge on any atom is -0.345 e. The molecule has 184 valence electrons. The molecule has 0 unspecified atom stereocenters. The van der Waals surface area contributed by atoms with Gasteiger partial charge in [0.2, 0.25) is 0 Å². The van der Waals surface area contributed by atoms with E-state index in [0.29, 0.717) is 16.8 Å². The van der Waals surface area contributed by atoms with Gasteiger partial charge in [0.05, 0.1) is 16.6 Å². The fraction of sp³-hybridized carbons (Fsp3) is 0.345. The van der Waals surface area contributed by atoms with E-state index < -0.39 is 10.0 Å². The van der Waals surface area contributed by atoms with Crippen LogP contribution >= 0.6 is 0 Å². The first-order valence-corrected chi connectivity index (χ1v) is 13.8. The SMILES string of the molecule is CC[C@H](NC(=O)c1ccc(C)c(S(=O)(=O)Nc2cc(C)ccc2C)c1)c1ccc2c(c1)CCCC2. The predicted molar refractivity (Wildman–Crippen MR) is 141 cm³/mol. The lowest BCUT2D eigenvalue weighted by atomic mass is 9.88. The lowest BCUT2D eigenvalue weighted by Gasteiger charge is -2.22. The highest BCUT2D eigenvalue weighted by Gasteiger charge is 2.22. The second-order valence-corrected chi connectivity index (χ2v) is 11.2. The average Bonchev–Trinajstić information content (AvgIpc) is 2.84. The molecule has 0 heterocycles. The van der Waals surface area contributed by atoms with Crippen molar-refractivity contribution in [1.29, 1.82) is 0 Å². The minimum absolute atomic E-state index is 0.105. The average molecular weight is 491 g/mol. The summed E-state index contributed by atoms with van der Waals surface area (Å²) in [6.07, 6.45) is 5.39. The van der Waals surface area contributed by atoms with Gasteiger partial charge >= 0.3 is 0 Å². The second-order valence-electron chi connectivity index (χ2n) is 9.57. The highest BCUT2D eigenvalue weighted by atomic mass is 32.2. The maximum Gasteiger partial charge on any atom is 0.262 e. The third-order valence-corrected chi connectivity index (χ3v) is 8.37. The third kappa shape index (κ3) is 5.59. The third-order valence-electron chi connectivity index (χ3n) is 6.87. The number of rotatable bonds is 7. The number of carbonyl (C=O) groups excluding carboxylic acids is 1. The predicted octanol–water partition coefficient (Wildman–Crippen LogP) is 6.17. The summed E-state index contributed by atoms with van der Waals surface area (Å²) in [4.78, 5) is 13.3. The van der Waals surface area contributed by atoms with Crippen LogP contribution in [0.1, 0.15) is 76.0 Å². The Kier molecular flexibility index (Phi) is 7.31. The van der Waals surface area contributed by atoms with Crippen LogP contribution in [0.5, 0.6) is 0 Å². The van der Waals surface area contributed by atoms with Crippen molar-refractivity contribution < 1.29 is 13.2 Å². The highest BCUT2D eigenvalue weighted by molar-refractivity contribution is 7.92. The standard InChI is InChI=1S/C29H34N2O3S/c1-5-26(24-15-14-22-8-6-7-9-23(22)17-24)30-29(32)25-13-12-21(4)28(18-25)35(33,34)31-27-16-19(2)10-11-20(27)3/h10-18,26,31H,5-9H2,1-4H3,(H,30,32)/t26-/m0/s1. The van der Waals surface area contributed by atoms with Crippen LogP contribution in [0.4, 0.5) is 5.69 Å². The van der Waals surface area contributed by atoms with Gasteiger partial charge in [0.1, 0.15) is 0 Å². The molecule has 6 heteroatoms. The number of fused-ring (bicyclic) bond motifs is 1.